The van der Waals surface area contributed by atoms with E-state index in [1.165, 1.54) is 30.4 Å². The minimum Gasteiger partial charge on any atom is -0.489 e. The van der Waals surface area contributed by atoms with Gasteiger partial charge in [0.15, 0.2) is 0 Å². The highest BCUT2D eigenvalue weighted by Crippen LogP contribution is 2.29. The Kier molecular flexibility index (Phi) is 5.22. The summed E-state index contributed by atoms with van der Waals surface area (Å²) in [6.45, 7) is 3.57. The van der Waals surface area contributed by atoms with Gasteiger partial charge < -0.3 is 9.47 Å². The molecule has 0 amide bonds. The molecule has 1 aliphatic heterocycles. The van der Waals surface area contributed by atoms with E-state index in [2.05, 4.69) is 48.0 Å². The molecule has 1 saturated heterocycles. The molecular weight excluding hydrogens is 322 g/mol. The van der Waals surface area contributed by atoms with Crippen LogP contribution in [0.2, 0.25) is 0 Å². The quantitative estimate of drug-likeness (QED) is 0.747. The zero-order valence-corrected chi connectivity index (χ0v) is 15.3. The second kappa shape index (κ2) is 7.93. The van der Waals surface area contributed by atoms with Crippen LogP contribution in [0.3, 0.4) is 0 Å². The summed E-state index contributed by atoms with van der Waals surface area (Å²) in [6.07, 6.45) is 9.85. The number of aryl methyl sites for hydroxylation is 1. The van der Waals surface area contributed by atoms with Crippen LogP contribution in [0.25, 0.3) is 11.1 Å². The fraction of sp³-hybridized carbons (Fsp3) is 0.435. The van der Waals surface area contributed by atoms with Crippen molar-refractivity contribution in [3.05, 3.63) is 47.8 Å². The van der Waals surface area contributed by atoms with Crippen molar-refractivity contribution in [2.45, 2.75) is 45.1 Å². The molecular formula is C23H25NO2. The third-order valence-electron chi connectivity index (χ3n) is 4.96. The topological polar surface area (TPSA) is 31.4 Å². The van der Waals surface area contributed by atoms with Crippen molar-refractivity contribution in [3.63, 3.8) is 0 Å². The SMILES string of the molecule is Cc1cc(C#CC2CC2)ccc1-c1cncc(OC[C@H]2CCCCO2)c1. The van der Waals surface area contributed by atoms with E-state index in [9.17, 15) is 0 Å². The number of pyridine rings is 1. The normalized spacial score (nSPS) is 19.5. The summed E-state index contributed by atoms with van der Waals surface area (Å²) in [4.78, 5) is 4.36. The van der Waals surface area contributed by atoms with Crippen molar-refractivity contribution in [1.82, 2.24) is 4.98 Å². The molecule has 26 heavy (non-hydrogen) atoms. The Hall–Kier alpha value is -2.31. The van der Waals surface area contributed by atoms with Gasteiger partial charge in [0.25, 0.3) is 0 Å². The molecule has 1 aliphatic carbocycles. The average Bonchev–Trinajstić information content (AvgIpc) is 3.50. The zero-order chi connectivity index (χ0) is 17.8. The number of hydrogen-bond acceptors (Lipinski definition) is 3. The predicted molar refractivity (Wildman–Crippen MR) is 103 cm³/mol. The number of nitrogens with zero attached hydrogens (tertiary/aromatic N) is 1. The molecule has 1 aromatic heterocycles. The van der Waals surface area contributed by atoms with Crippen molar-refractivity contribution in [2.24, 2.45) is 5.92 Å². The smallest absolute Gasteiger partial charge is 0.138 e. The van der Waals surface area contributed by atoms with Crippen LogP contribution in [0.5, 0.6) is 5.75 Å². The number of aromatic nitrogens is 1. The molecule has 0 N–H and O–H groups in total. The molecule has 134 valence electrons. The van der Waals surface area contributed by atoms with Gasteiger partial charge in [0.2, 0.25) is 0 Å². The van der Waals surface area contributed by atoms with E-state index < -0.39 is 0 Å². The van der Waals surface area contributed by atoms with Gasteiger partial charge in [-0.1, -0.05) is 17.9 Å². The highest BCUT2D eigenvalue weighted by Gasteiger charge is 2.18. The van der Waals surface area contributed by atoms with Crippen LogP contribution in [0.4, 0.5) is 0 Å². The fourth-order valence-electron chi connectivity index (χ4n) is 3.25. The number of ether oxygens (including phenoxy) is 2. The second-order valence-corrected chi connectivity index (χ2v) is 7.28. The minimum atomic E-state index is 0.207. The van der Waals surface area contributed by atoms with Crippen LogP contribution in [-0.2, 0) is 4.74 Å². The van der Waals surface area contributed by atoms with Crippen molar-refractivity contribution >= 4 is 0 Å². The number of hydrogen-bond donors (Lipinski definition) is 0. The van der Waals surface area contributed by atoms with Crippen LogP contribution in [0.15, 0.2) is 36.7 Å². The van der Waals surface area contributed by atoms with Crippen LogP contribution in [-0.4, -0.2) is 24.3 Å². The third-order valence-corrected chi connectivity index (χ3v) is 4.96. The standard InChI is InChI=1S/C23H25NO2/c1-17-12-19(8-7-18-5-6-18)9-10-23(17)20-13-22(15-24-14-20)26-16-21-4-2-3-11-25-21/h9-10,12-15,18,21H,2-6,11,16H2,1H3/t21-/m1/s1. The van der Waals surface area contributed by atoms with Gasteiger partial charge in [-0.2, -0.15) is 0 Å². The molecule has 2 aromatic rings. The van der Waals surface area contributed by atoms with Gasteiger partial charge >= 0.3 is 0 Å². The summed E-state index contributed by atoms with van der Waals surface area (Å²) in [5.41, 5.74) is 4.55. The monoisotopic (exact) mass is 347 g/mol. The maximum absolute atomic E-state index is 5.93. The van der Waals surface area contributed by atoms with E-state index in [0.717, 1.165) is 36.3 Å². The van der Waals surface area contributed by atoms with Gasteiger partial charge in [0.1, 0.15) is 12.4 Å². The Morgan fingerprint density at radius 2 is 2.08 bits per heavy atom. The van der Waals surface area contributed by atoms with Crippen molar-refractivity contribution < 1.29 is 9.47 Å². The summed E-state index contributed by atoms with van der Waals surface area (Å²) < 4.78 is 11.7. The molecule has 3 nitrogen and oxygen atoms in total. The first-order valence-electron chi connectivity index (χ1n) is 9.60. The lowest BCUT2D eigenvalue weighted by atomic mass is 9.99. The molecule has 2 heterocycles. The number of benzene rings is 1. The zero-order valence-electron chi connectivity index (χ0n) is 15.3. The minimum absolute atomic E-state index is 0.207. The van der Waals surface area contributed by atoms with Crippen LogP contribution in [0, 0.1) is 24.7 Å². The number of rotatable bonds is 4. The Morgan fingerprint density at radius 1 is 1.15 bits per heavy atom. The summed E-state index contributed by atoms with van der Waals surface area (Å²) in [5.74, 6) is 8.04. The van der Waals surface area contributed by atoms with Gasteiger partial charge in [-0.15, -0.1) is 0 Å². The predicted octanol–water partition coefficient (Wildman–Crippen LogP) is 4.77. The molecule has 4 rings (SSSR count). The Balaban J connectivity index is 1.46. The van der Waals surface area contributed by atoms with Crippen LogP contribution < -0.4 is 4.74 Å². The van der Waals surface area contributed by atoms with Gasteiger partial charge in [-0.25, -0.2) is 0 Å². The van der Waals surface area contributed by atoms with E-state index in [1.807, 2.05) is 6.20 Å². The van der Waals surface area contributed by atoms with Gasteiger partial charge in [0, 0.05) is 29.8 Å². The molecule has 0 unspecified atom stereocenters. The van der Waals surface area contributed by atoms with E-state index in [0.29, 0.717) is 12.5 Å². The van der Waals surface area contributed by atoms with E-state index >= 15 is 0 Å². The molecule has 2 aliphatic rings. The Bertz CT molecular complexity index is 824. The van der Waals surface area contributed by atoms with Crippen LogP contribution >= 0.6 is 0 Å². The van der Waals surface area contributed by atoms with Gasteiger partial charge in [0.05, 0.1) is 12.3 Å². The highest BCUT2D eigenvalue weighted by atomic mass is 16.5. The molecule has 3 heteroatoms. The molecule has 0 radical (unpaired) electrons. The molecule has 0 spiro atoms. The lowest BCUT2D eigenvalue weighted by Crippen LogP contribution is -2.25. The molecule has 1 atom stereocenters. The average molecular weight is 347 g/mol. The first-order chi connectivity index (χ1) is 12.8. The highest BCUT2D eigenvalue weighted by molar-refractivity contribution is 5.68. The molecule has 1 saturated carbocycles. The summed E-state index contributed by atoms with van der Waals surface area (Å²) >= 11 is 0. The van der Waals surface area contributed by atoms with E-state index in [1.54, 1.807) is 6.20 Å². The van der Waals surface area contributed by atoms with Crippen molar-refractivity contribution in [1.29, 1.82) is 0 Å². The lowest BCUT2D eigenvalue weighted by molar-refractivity contribution is -0.0111. The van der Waals surface area contributed by atoms with Gasteiger partial charge in [-0.3, -0.25) is 4.98 Å². The maximum Gasteiger partial charge on any atom is 0.138 e. The summed E-state index contributed by atoms with van der Waals surface area (Å²) in [5, 5.41) is 0. The summed E-state index contributed by atoms with van der Waals surface area (Å²) in [6, 6.07) is 8.46. The van der Waals surface area contributed by atoms with Crippen molar-refractivity contribution in [3.8, 4) is 28.7 Å². The fourth-order valence-corrected chi connectivity index (χ4v) is 3.25. The second-order valence-electron chi connectivity index (χ2n) is 7.28. The van der Waals surface area contributed by atoms with Crippen LogP contribution in [0.1, 0.15) is 43.2 Å². The van der Waals surface area contributed by atoms with E-state index in [4.69, 9.17) is 9.47 Å². The van der Waals surface area contributed by atoms with Crippen molar-refractivity contribution in [2.75, 3.05) is 13.2 Å². The molecule has 1 aromatic carbocycles. The lowest BCUT2D eigenvalue weighted by Gasteiger charge is -2.22. The van der Waals surface area contributed by atoms with E-state index in [-0.39, 0.29) is 6.10 Å². The first-order valence-corrected chi connectivity index (χ1v) is 9.60. The Morgan fingerprint density at radius 3 is 2.85 bits per heavy atom. The largest absolute Gasteiger partial charge is 0.489 e. The van der Waals surface area contributed by atoms with Gasteiger partial charge in [-0.05, 0) is 68.4 Å². The third kappa shape index (κ3) is 4.45. The molecule has 0 bridgehead atoms. The summed E-state index contributed by atoms with van der Waals surface area (Å²) in [7, 11) is 0. The maximum atomic E-state index is 5.93. The molecule has 2 fully saturated rings. The first kappa shape index (κ1) is 17.1. The Labute approximate surface area is 155 Å².